The summed E-state index contributed by atoms with van der Waals surface area (Å²) in [5.74, 6) is 5.53. The molecule has 0 atom stereocenters. The van der Waals surface area contributed by atoms with Crippen LogP contribution >= 0.6 is 0 Å². The van der Waals surface area contributed by atoms with Crippen molar-refractivity contribution in [2.75, 3.05) is 30.4 Å². The minimum Gasteiger partial charge on any atom is -0.397 e. The van der Waals surface area contributed by atoms with Crippen LogP contribution in [0.3, 0.4) is 0 Å². The number of carbonyl (C=O) groups excluding carboxylic acids is 2. The Labute approximate surface area is 176 Å². The molecule has 0 radical (unpaired) electrons. The van der Waals surface area contributed by atoms with Gasteiger partial charge in [0, 0.05) is 43.3 Å². The van der Waals surface area contributed by atoms with E-state index >= 15 is 0 Å². The van der Waals surface area contributed by atoms with Gasteiger partial charge in [0.15, 0.2) is 0 Å². The van der Waals surface area contributed by atoms with Crippen LogP contribution in [0.5, 0.6) is 0 Å². The van der Waals surface area contributed by atoms with Gasteiger partial charge in [-0.3, -0.25) is 9.69 Å². The zero-order chi connectivity index (χ0) is 21.7. The monoisotopic (exact) mass is 408 g/mol. The highest BCUT2D eigenvalue weighted by atomic mass is 16.2. The Morgan fingerprint density at radius 3 is 2.53 bits per heavy atom. The average molecular weight is 409 g/mol. The number of carbonyl (C=O) groups is 2. The summed E-state index contributed by atoms with van der Waals surface area (Å²) in [6.45, 7) is 3.25. The number of hydrazine groups is 1. The third-order valence-corrected chi connectivity index (χ3v) is 5.07. The molecule has 0 aromatic heterocycles. The summed E-state index contributed by atoms with van der Waals surface area (Å²) in [6, 6.07) is 12.5. The van der Waals surface area contributed by atoms with Crippen molar-refractivity contribution >= 4 is 29.0 Å². The third kappa shape index (κ3) is 4.72. The molecule has 0 aliphatic carbocycles. The van der Waals surface area contributed by atoms with Crippen LogP contribution in [0.15, 0.2) is 48.7 Å². The number of rotatable bonds is 5. The Kier molecular flexibility index (Phi) is 6.58. The molecule has 8 heteroatoms. The minimum atomic E-state index is -0.211. The van der Waals surface area contributed by atoms with Crippen LogP contribution in [0.2, 0.25) is 0 Å². The normalized spacial score (nSPS) is 13.4. The van der Waals surface area contributed by atoms with Gasteiger partial charge in [-0.05, 0) is 61.2 Å². The number of fused-ring (bicyclic) bond motifs is 1. The van der Waals surface area contributed by atoms with Gasteiger partial charge in [0.1, 0.15) is 0 Å². The molecule has 6 N–H and O–H groups in total. The topological polar surface area (TPSA) is 117 Å². The lowest BCUT2D eigenvalue weighted by molar-refractivity contribution is 0.102. The van der Waals surface area contributed by atoms with E-state index in [4.69, 9.17) is 11.6 Å². The molecule has 158 valence electrons. The molecule has 0 unspecified atom stereocenters. The molecule has 2 aromatic rings. The van der Waals surface area contributed by atoms with Crippen molar-refractivity contribution in [2.24, 2.45) is 11.6 Å². The van der Waals surface area contributed by atoms with Gasteiger partial charge in [-0.1, -0.05) is 12.1 Å². The first kappa shape index (κ1) is 21.2. The lowest BCUT2D eigenvalue weighted by atomic mass is 10.0. The number of aryl methyl sites for hydroxylation is 1. The SMILES string of the molecule is CCN(N)/C=C(\N)c1ccc(C(=O)Nc2ccc3c(c2)CCCN3C(=O)NC)cc1. The van der Waals surface area contributed by atoms with Crippen LogP contribution < -0.4 is 27.1 Å². The van der Waals surface area contributed by atoms with Crippen molar-refractivity contribution in [2.45, 2.75) is 19.8 Å². The van der Waals surface area contributed by atoms with Crippen LogP contribution in [0.25, 0.3) is 5.70 Å². The van der Waals surface area contributed by atoms with Gasteiger partial charge >= 0.3 is 6.03 Å². The van der Waals surface area contributed by atoms with E-state index in [0.29, 0.717) is 30.0 Å². The second-order valence-corrected chi connectivity index (χ2v) is 7.10. The Bertz CT molecular complexity index is 955. The van der Waals surface area contributed by atoms with Crippen LogP contribution in [-0.4, -0.2) is 37.1 Å². The van der Waals surface area contributed by atoms with Gasteiger partial charge < -0.3 is 21.4 Å². The molecule has 0 fully saturated rings. The van der Waals surface area contributed by atoms with Crippen molar-refractivity contribution in [1.82, 2.24) is 10.3 Å². The molecule has 1 aliphatic heterocycles. The third-order valence-electron chi connectivity index (χ3n) is 5.07. The number of urea groups is 1. The Balaban J connectivity index is 1.72. The molecule has 1 aliphatic rings. The van der Waals surface area contributed by atoms with Gasteiger partial charge in [0.2, 0.25) is 0 Å². The fourth-order valence-electron chi connectivity index (χ4n) is 3.38. The first-order chi connectivity index (χ1) is 14.4. The lowest BCUT2D eigenvalue weighted by Gasteiger charge is -2.29. The summed E-state index contributed by atoms with van der Waals surface area (Å²) >= 11 is 0. The smallest absolute Gasteiger partial charge is 0.321 e. The van der Waals surface area contributed by atoms with E-state index in [1.807, 2.05) is 25.1 Å². The van der Waals surface area contributed by atoms with Crippen LogP contribution in [-0.2, 0) is 6.42 Å². The van der Waals surface area contributed by atoms with Crippen LogP contribution in [0, 0.1) is 0 Å². The molecule has 3 amide bonds. The van der Waals surface area contributed by atoms with Crippen molar-refractivity contribution in [1.29, 1.82) is 0 Å². The van der Waals surface area contributed by atoms with E-state index in [1.165, 1.54) is 5.01 Å². The number of nitrogens with zero attached hydrogens (tertiary/aromatic N) is 2. The van der Waals surface area contributed by atoms with E-state index in [9.17, 15) is 9.59 Å². The van der Waals surface area contributed by atoms with Gasteiger partial charge in [-0.2, -0.15) is 0 Å². The number of benzene rings is 2. The molecule has 0 saturated carbocycles. The first-order valence-corrected chi connectivity index (χ1v) is 9.95. The summed E-state index contributed by atoms with van der Waals surface area (Å²) in [7, 11) is 1.62. The standard InChI is InChI=1S/C22H28N6O2/c1-3-27(24)14-19(23)15-6-8-16(9-7-15)21(29)26-18-10-11-20-17(13-18)5-4-12-28(20)22(30)25-2/h6-11,13-14H,3-5,12,23-24H2,1-2H3,(H,25,30)(H,26,29)/b19-14-. The summed E-state index contributed by atoms with van der Waals surface area (Å²) < 4.78 is 0. The molecule has 3 rings (SSSR count). The molecule has 1 heterocycles. The van der Waals surface area contributed by atoms with Crippen molar-refractivity contribution in [3.8, 4) is 0 Å². The van der Waals surface area contributed by atoms with E-state index in [0.717, 1.165) is 29.7 Å². The molecule has 30 heavy (non-hydrogen) atoms. The minimum absolute atomic E-state index is 0.127. The molecular weight excluding hydrogens is 380 g/mol. The zero-order valence-electron chi connectivity index (χ0n) is 17.3. The molecule has 8 nitrogen and oxygen atoms in total. The van der Waals surface area contributed by atoms with E-state index in [2.05, 4.69) is 10.6 Å². The Hall–Kier alpha value is -3.52. The van der Waals surface area contributed by atoms with Gasteiger partial charge in [-0.15, -0.1) is 0 Å². The maximum Gasteiger partial charge on any atom is 0.321 e. The van der Waals surface area contributed by atoms with Crippen molar-refractivity contribution in [3.05, 3.63) is 65.4 Å². The molecular formula is C22H28N6O2. The fourth-order valence-corrected chi connectivity index (χ4v) is 3.38. The van der Waals surface area contributed by atoms with E-state index in [-0.39, 0.29) is 11.9 Å². The predicted octanol–water partition coefficient (Wildman–Crippen LogP) is 2.48. The quantitative estimate of drug-likeness (QED) is 0.448. The van der Waals surface area contributed by atoms with Gasteiger partial charge in [0.25, 0.3) is 5.91 Å². The number of hydrogen-bond acceptors (Lipinski definition) is 5. The summed E-state index contributed by atoms with van der Waals surface area (Å²) in [5, 5.41) is 7.09. The highest BCUT2D eigenvalue weighted by Gasteiger charge is 2.22. The maximum absolute atomic E-state index is 12.6. The molecule has 0 bridgehead atoms. The van der Waals surface area contributed by atoms with Crippen molar-refractivity contribution < 1.29 is 9.59 Å². The zero-order valence-corrected chi connectivity index (χ0v) is 17.3. The van der Waals surface area contributed by atoms with Gasteiger partial charge in [0.05, 0.1) is 5.70 Å². The number of nitrogens with two attached hydrogens (primary N) is 2. The van der Waals surface area contributed by atoms with E-state index in [1.54, 1.807) is 42.4 Å². The summed E-state index contributed by atoms with van der Waals surface area (Å²) in [4.78, 5) is 26.4. The van der Waals surface area contributed by atoms with Crippen molar-refractivity contribution in [3.63, 3.8) is 0 Å². The second-order valence-electron chi connectivity index (χ2n) is 7.10. The largest absolute Gasteiger partial charge is 0.397 e. The molecule has 0 spiro atoms. The highest BCUT2D eigenvalue weighted by Crippen LogP contribution is 2.30. The molecule has 0 saturated heterocycles. The van der Waals surface area contributed by atoms with Crippen LogP contribution in [0.4, 0.5) is 16.2 Å². The lowest BCUT2D eigenvalue weighted by Crippen LogP contribution is -2.41. The number of amides is 3. The number of anilines is 2. The average Bonchev–Trinajstić information content (AvgIpc) is 2.77. The highest BCUT2D eigenvalue weighted by molar-refractivity contribution is 6.04. The Morgan fingerprint density at radius 2 is 1.87 bits per heavy atom. The summed E-state index contributed by atoms with van der Waals surface area (Å²) in [6.07, 6.45) is 3.40. The number of nitrogens with one attached hydrogen (secondary N) is 2. The number of hydrogen-bond donors (Lipinski definition) is 4. The first-order valence-electron chi connectivity index (χ1n) is 9.95. The molecule has 2 aromatic carbocycles. The van der Waals surface area contributed by atoms with Gasteiger partial charge in [-0.25, -0.2) is 10.6 Å². The predicted molar refractivity (Wildman–Crippen MR) is 120 cm³/mol. The summed E-state index contributed by atoms with van der Waals surface area (Å²) in [5.41, 5.74) is 10.5. The second kappa shape index (κ2) is 9.32. The fraction of sp³-hybridized carbons (Fsp3) is 0.273. The maximum atomic E-state index is 12.6. The Morgan fingerprint density at radius 1 is 1.17 bits per heavy atom. The van der Waals surface area contributed by atoms with E-state index < -0.39 is 0 Å². The van der Waals surface area contributed by atoms with Crippen LogP contribution in [0.1, 0.15) is 34.8 Å².